The van der Waals surface area contributed by atoms with Gasteiger partial charge in [-0.15, -0.1) is 23.7 Å². The van der Waals surface area contributed by atoms with Gasteiger partial charge in [0.25, 0.3) is 5.91 Å². The SMILES string of the molecule is CN(CC(=O)NCC1CCCNC1)C(=O)c1ccc(Br)s1.Cl. The summed E-state index contributed by atoms with van der Waals surface area (Å²) >= 11 is 4.70. The Morgan fingerprint density at radius 1 is 1.50 bits per heavy atom. The molecule has 1 unspecified atom stereocenters. The molecule has 0 saturated carbocycles. The van der Waals surface area contributed by atoms with Crippen molar-refractivity contribution < 1.29 is 9.59 Å². The number of likely N-dealkylation sites (N-methyl/N-ethyl adjacent to an activating group) is 1. The molecule has 0 radical (unpaired) electrons. The highest BCUT2D eigenvalue weighted by molar-refractivity contribution is 9.11. The average Bonchev–Trinajstić information content (AvgIpc) is 2.92. The third-order valence-corrected chi connectivity index (χ3v) is 5.11. The molecular weight excluding hydrogens is 390 g/mol. The van der Waals surface area contributed by atoms with Crippen LogP contribution in [0.3, 0.4) is 0 Å². The van der Waals surface area contributed by atoms with Crippen molar-refractivity contribution in [3.05, 3.63) is 20.8 Å². The van der Waals surface area contributed by atoms with Gasteiger partial charge in [0.1, 0.15) is 0 Å². The van der Waals surface area contributed by atoms with E-state index in [2.05, 4.69) is 26.6 Å². The minimum atomic E-state index is -0.125. The van der Waals surface area contributed by atoms with E-state index in [1.807, 2.05) is 6.07 Å². The fourth-order valence-electron chi connectivity index (χ4n) is 2.32. The summed E-state index contributed by atoms with van der Waals surface area (Å²) in [7, 11) is 1.65. The van der Waals surface area contributed by atoms with Gasteiger partial charge in [-0.05, 0) is 59.9 Å². The van der Waals surface area contributed by atoms with Gasteiger partial charge in [-0.2, -0.15) is 0 Å². The summed E-state index contributed by atoms with van der Waals surface area (Å²) in [6.07, 6.45) is 2.30. The second-order valence-electron chi connectivity index (χ2n) is 5.28. The first-order valence-corrected chi connectivity index (χ1v) is 8.65. The number of piperidine rings is 1. The van der Waals surface area contributed by atoms with Crippen LogP contribution in [0.5, 0.6) is 0 Å². The van der Waals surface area contributed by atoms with E-state index >= 15 is 0 Å². The van der Waals surface area contributed by atoms with Gasteiger partial charge in [0.15, 0.2) is 0 Å². The Morgan fingerprint density at radius 2 is 2.27 bits per heavy atom. The van der Waals surface area contributed by atoms with E-state index in [-0.39, 0.29) is 30.8 Å². The Balaban J connectivity index is 0.00000242. The van der Waals surface area contributed by atoms with E-state index < -0.39 is 0 Å². The summed E-state index contributed by atoms with van der Waals surface area (Å²) in [6.45, 7) is 2.79. The van der Waals surface area contributed by atoms with E-state index in [1.54, 1.807) is 13.1 Å². The average molecular weight is 411 g/mol. The van der Waals surface area contributed by atoms with Gasteiger partial charge >= 0.3 is 0 Å². The van der Waals surface area contributed by atoms with Crippen LogP contribution >= 0.6 is 39.7 Å². The highest BCUT2D eigenvalue weighted by Gasteiger charge is 2.18. The summed E-state index contributed by atoms with van der Waals surface area (Å²) in [6, 6.07) is 3.60. The number of carbonyl (C=O) groups is 2. The Hall–Kier alpha value is -0.630. The molecule has 1 aromatic heterocycles. The van der Waals surface area contributed by atoms with Crippen LogP contribution in [0.4, 0.5) is 0 Å². The summed E-state index contributed by atoms with van der Waals surface area (Å²) in [5.41, 5.74) is 0. The zero-order valence-corrected chi connectivity index (χ0v) is 15.7. The number of amides is 2. The molecule has 0 aromatic carbocycles. The van der Waals surface area contributed by atoms with E-state index in [9.17, 15) is 9.59 Å². The van der Waals surface area contributed by atoms with Crippen LogP contribution in [0.2, 0.25) is 0 Å². The lowest BCUT2D eigenvalue weighted by molar-refractivity contribution is -0.121. The zero-order valence-electron chi connectivity index (χ0n) is 12.4. The number of rotatable bonds is 5. The normalized spacial score (nSPS) is 17.5. The Morgan fingerprint density at radius 3 is 2.86 bits per heavy atom. The number of carbonyl (C=O) groups excluding carboxylic acids is 2. The quantitative estimate of drug-likeness (QED) is 0.781. The van der Waals surface area contributed by atoms with Crippen LogP contribution in [0.25, 0.3) is 0 Å². The molecular formula is C14H21BrClN3O2S. The third kappa shape index (κ3) is 5.87. The third-order valence-electron chi connectivity index (χ3n) is 3.50. The van der Waals surface area contributed by atoms with Crippen LogP contribution in [0, 0.1) is 5.92 Å². The van der Waals surface area contributed by atoms with Crippen molar-refractivity contribution in [1.29, 1.82) is 0 Å². The Kier molecular flexibility index (Phi) is 8.38. The van der Waals surface area contributed by atoms with Crippen molar-refractivity contribution >= 4 is 51.5 Å². The van der Waals surface area contributed by atoms with Gasteiger partial charge in [0.05, 0.1) is 15.2 Å². The first-order valence-electron chi connectivity index (χ1n) is 7.04. The molecule has 2 amide bonds. The molecule has 0 spiro atoms. The molecule has 8 heteroatoms. The maximum atomic E-state index is 12.1. The molecule has 1 fully saturated rings. The minimum absolute atomic E-state index is 0. The minimum Gasteiger partial charge on any atom is -0.354 e. The molecule has 1 saturated heterocycles. The van der Waals surface area contributed by atoms with Crippen LogP contribution in [0.15, 0.2) is 15.9 Å². The smallest absolute Gasteiger partial charge is 0.264 e. The maximum absolute atomic E-state index is 12.1. The lowest BCUT2D eigenvalue weighted by Crippen LogP contribution is -2.42. The number of nitrogens with one attached hydrogen (secondary N) is 2. The molecule has 5 nitrogen and oxygen atoms in total. The highest BCUT2D eigenvalue weighted by Crippen LogP contribution is 2.22. The van der Waals surface area contributed by atoms with Crippen molar-refractivity contribution in [3.8, 4) is 0 Å². The van der Waals surface area contributed by atoms with E-state index in [1.165, 1.54) is 16.2 Å². The topological polar surface area (TPSA) is 61.4 Å². The second kappa shape index (κ2) is 9.50. The van der Waals surface area contributed by atoms with E-state index in [4.69, 9.17) is 0 Å². The largest absolute Gasteiger partial charge is 0.354 e. The summed E-state index contributed by atoms with van der Waals surface area (Å²) in [5.74, 6) is 0.268. The molecule has 1 aliphatic heterocycles. The molecule has 0 aliphatic carbocycles. The van der Waals surface area contributed by atoms with Crippen molar-refractivity contribution in [3.63, 3.8) is 0 Å². The second-order valence-corrected chi connectivity index (χ2v) is 7.74. The Bertz CT molecular complexity index is 506. The molecule has 1 atom stereocenters. The van der Waals surface area contributed by atoms with E-state index in [0.29, 0.717) is 17.3 Å². The van der Waals surface area contributed by atoms with Crippen LogP contribution in [-0.4, -0.2) is 49.9 Å². The predicted molar refractivity (Wildman–Crippen MR) is 94.8 cm³/mol. The van der Waals surface area contributed by atoms with E-state index in [0.717, 1.165) is 29.7 Å². The monoisotopic (exact) mass is 409 g/mol. The lowest BCUT2D eigenvalue weighted by atomic mass is 10.00. The molecule has 124 valence electrons. The van der Waals surface area contributed by atoms with Gasteiger partial charge < -0.3 is 15.5 Å². The molecule has 22 heavy (non-hydrogen) atoms. The van der Waals surface area contributed by atoms with Crippen LogP contribution in [-0.2, 0) is 4.79 Å². The summed E-state index contributed by atoms with van der Waals surface area (Å²) in [4.78, 5) is 26.1. The fourth-order valence-corrected chi connectivity index (χ4v) is 3.70. The molecule has 1 aromatic rings. The molecule has 0 bridgehead atoms. The maximum Gasteiger partial charge on any atom is 0.264 e. The van der Waals surface area contributed by atoms with Gasteiger partial charge in [-0.1, -0.05) is 0 Å². The van der Waals surface area contributed by atoms with Crippen LogP contribution in [0.1, 0.15) is 22.5 Å². The highest BCUT2D eigenvalue weighted by atomic mass is 79.9. The van der Waals surface area contributed by atoms with Gasteiger partial charge in [0.2, 0.25) is 5.91 Å². The molecule has 2 heterocycles. The van der Waals surface area contributed by atoms with Crippen molar-refractivity contribution in [2.24, 2.45) is 5.92 Å². The van der Waals surface area contributed by atoms with Gasteiger partial charge in [0, 0.05) is 13.6 Å². The summed E-state index contributed by atoms with van der Waals surface area (Å²) in [5, 5.41) is 6.24. The van der Waals surface area contributed by atoms with Crippen molar-refractivity contribution in [1.82, 2.24) is 15.5 Å². The van der Waals surface area contributed by atoms with Crippen LogP contribution < -0.4 is 10.6 Å². The number of thiophene rings is 1. The number of hydrogen-bond donors (Lipinski definition) is 2. The first-order chi connectivity index (χ1) is 10.1. The Labute approximate surface area is 149 Å². The summed E-state index contributed by atoms with van der Waals surface area (Å²) < 4.78 is 0.911. The predicted octanol–water partition coefficient (Wildman–Crippen LogP) is 2.12. The van der Waals surface area contributed by atoms with Gasteiger partial charge in [-0.3, -0.25) is 9.59 Å². The number of halogens is 2. The number of hydrogen-bond acceptors (Lipinski definition) is 4. The van der Waals surface area contributed by atoms with Gasteiger partial charge in [-0.25, -0.2) is 0 Å². The molecule has 2 N–H and O–H groups in total. The number of nitrogens with zero attached hydrogens (tertiary/aromatic N) is 1. The standard InChI is InChI=1S/C14H20BrN3O2S.ClH/c1-18(14(20)11-4-5-12(15)21-11)9-13(19)17-8-10-3-2-6-16-7-10;/h4-5,10,16H,2-3,6-9H2,1H3,(H,17,19);1H. The van der Waals surface area contributed by atoms with Crippen molar-refractivity contribution in [2.75, 3.05) is 33.2 Å². The fraction of sp³-hybridized carbons (Fsp3) is 0.571. The lowest BCUT2D eigenvalue weighted by Gasteiger charge is -2.23. The first kappa shape index (κ1) is 19.4. The molecule has 1 aliphatic rings. The zero-order chi connectivity index (χ0) is 15.2. The molecule has 2 rings (SSSR count). The van der Waals surface area contributed by atoms with Crippen molar-refractivity contribution in [2.45, 2.75) is 12.8 Å².